The van der Waals surface area contributed by atoms with Crippen LogP contribution in [-0.2, 0) is 16.2 Å². The van der Waals surface area contributed by atoms with E-state index < -0.39 is 0 Å². The molecule has 0 unspecified atom stereocenters. The van der Waals surface area contributed by atoms with Crippen molar-refractivity contribution >= 4 is 87.4 Å². The predicted molar refractivity (Wildman–Crippen MR) is 463 cm³/mol. The first-order valence-electron chi connectivity index (χ1n) is 38.1. The van der Waals surface area contributed by atoms with E-state index in [1.807, 2.05) is 11.3 Å². The zero-order valence-corrected chi connectivity index (χ0v) is 63.1. The number of anilines is 6. The Kier molecular flexibility index (Phi) is 15.3. The number of hydrogen-bond donors (Lipinski definition) is 0. The first kappa shape index (κ1) is 65.7. The molecule has 18 aromatic rings. The molecule has 0 saturated heterocycles. The minimum atomic E-state index is -0.196. The fraction of sp³-hybridized carbons (Fsp3) is 0.0962. The SMILES string of the molecule is CC1(C)c2ccccc2-c2ccc(N(c3ccc(-c4ccccc4)cc3)c3ccc4c(c3)c3c(n4-c4ccc5sc6ccccc6c5c4)-c4ccccc4C3(C)C)cc21.Cc1ccc(N(c2ccc(-c3ccccc3)cc2)c2ccc3c(c2)c2c(n3-c3cccc(-c4ccccc4)c3)-c3ccccc3C2(C)C)cc1. The Morgan fingerprint density at radius 1 is 0.248 bits per heavy atom. The molecular weight excluding hydrogens is 1340 g/mol. The van der Waals surface area contributed by atoms with Gasteiger partial charge in [0.2, 0.25) is 0 Å². The van der Waals surface area contributed by atoms with Crippen molar-refractivity contribution < 1.29 is 0 Å². The second-order valence-electron chi connectivity index (χ2n) is 31.3. The Morgan fingerprint density at radius 3 is 1.17 bits per heavy atom. The van der Waals surface area contributed by atoms with Crippen molar-refractivity contribution in [2.75, 3.05) is 9.80 Å². The molecule has 0 amide bonds. The monoisotopic (exact) mass is 1420 g/mol. The van der Waals surface area contributed by atoms with Crippen LogP contribution in [-0.4, -0.2) is 9.13 Å². The number of aromatic nitrogens is 2. The third-order valence-electron chi connectivity index (χ3n) is 23.8. The van der Waals surface area contributed by atoms with Crippen LogP contribution >= 0.6 is 11.3 Å². The number of rotatable bonds is 11. The van der Waals surface area contributed by atoms with Crippen molar-refractivity contribution in [3.05, 3.63) is 397 Å². The lowest BCUT2D eigenvalue weighted by Gasteiger charge is -2.29. The highest BCUT2D eigenvalue weighted by molar-refractivity contribution is 7.25. The Hall–Kier alpha value is -12.8. The molecular formula is C104H80N4S. The lowest BCUT2D eigenvalue weighted by atomic mass is 9.81. The number of thiophene rings is 1. The van der Waals surface area contributed by atoms with Gasteiger partial charge in [0.25, 0.3) is 0 Å². The van der Waals surface area contributed by atoms with Gasteiger partial charge in [-0.2, -0.15) is 0 Å². The van der Waals surface area contributed by atoms with Gasteiger partial charge in [0, 0.05) is 104 Å². The Bertz CT molecular complexity index is 6610. The van der Waals surface area contributed by atoms with Gasteiger partial charge in [0.1, 0.15) is 0 Å². The fourth-order valence-electron chi connectivity index (χ4n) is 18.5. The minimum Gasteiger partial charge on any atom is -0.310 e. The van der Waals surface area contributed by atoms with Crippen LogP contribution < -0.4 is 9.80 Å². The summed E-state index contributed by atoms with van der Waals surface area (Å²) in [6, 6.07) is 132. The van der Waals surface area contributed by atoms with E-state index in [1.165, 1.54) is 159 Å². The Morgan fingerprint density at radius 2 is 0.633 bits per heavy atom. The fourth-order valence-corrected chi connectivity index (χ4v) is 19.6. The summed E-state index contributed by atoms with van der Waals surface area (Å²) in [7, 11) is 0. The molecule has 3 aromatic heterocycles. The van der Waals surface area contributed by atoms with Crippen LogP contribution in [0.5, 0.6) is 0 Å². The number of fused-ring (bicyclic) bond motifs is 16. The Labute approximate surface area is 642 Å². The quantitative estimate of drug-likeness (QED) is 0.128. The zero-order valence-electron chi connectivity index (χ0n) is 62.3. The summed E-state index contributed by atoms with van der Waals surface area (Å²) in [5.41, 5.74) is 35.8. The maximum Gasteiger partial charge on any atom is 0.0585 e. The molecule has 5 heteroatoms. The molecule has 109 heavy (non-hydrogen) atoms. The summed E-state index contributed by atoms with van der Waals surface area (Å²) in [5, 5.41) is 5.20. The van der Waals surface area contributed by atoms with Crippen molar-refractivity contribution in [1.82, 2.24) is 9.13 Å². The second kappa shape index (κ2) is 25.4. The molecule has 0 bridgehead atoms. The van der Waals surface area contributed by atoms with E-state index in [9.17, 15) is 0 Å². The minimum absolute atomic E-state index is 0.114. The molecule has 0 N–H and O–H groups in total. The molecule has 0 aliphatic heterocycles. The highest BCUT2D eigenvalue weighted by atomic mass is 32.1. The van der Waals surface area contributed by atoms with E-state index in [4.69, 9.17) is 0 Å². The summed E-state index contributed by atoms with van der Waals surface area (Å²) < 4.78 is 7.69. The van der Waals surface area contributed by atoms with Crippen molar-refractivity contribution in [2.45, 2.75) is 64.7 Å². The van der Waals surface area contributed by atoms with Gasteiger partial charge in [0.15, 0.2) is 0 Å². The number of benzene rings is 15. The van der Waals surface area contributed by atoms with Crippen LogP contribution in [0.2, 0.25) is 0 Å². The van der Waals surface area contributed by atoms with E-state index >= 15 is 0 Å². The highest BCUT2D eigenvalue weighted by Crippen LogP contribution is 2.58. The van der Waals surface area contributed by atoms with Gasteiger partial charge in [-0.3, -0.25) is 0 Å². The average molecular weight is 1420 g/mol. The normalized spacial score (nSPS) is 13.7. The summed E-state index contributed by atoms with van der Waals surface area (Å²) in [4.78, 5) is 4.86. The van der Waals surface area contributed by atoms with E-state index in [1.54, 1.807) is 0 Å². The molecule has 3 heterocycles. The van der Waals surface area contributed by atoms with Gasteiger partial charge >= 0.3 is 0 Å². The molecule has 0 saturated carbocycles. The number of aryl methyl sites for hydroxylation is 1. The lowest BCUT2D eigenvalue weighted by molar-refractivity contribution is 0.660. The molecule has 522 valence electrons. The van der Waals surface area contributed by atoms with E-state index in [0.717, 1.165) is 34.1 Å². The second-order valence-corrected chi connectivity index (χ2v) is 32.4. The van der Waals surface area contributed by atoms with Crippen LogP contribution in [0.1, 0.15) is 80.5 Å². The average Bonchev–Trinajstić information content (AvgIpc) is 1.54. The highest BCUT2D eigenvalue weighted by Gasteiger charge is 2.43. The van der Waals surface area contributed by atoms with Gasteiger partial charge in [-0.1, -0.05) is 284 Å². The van der Waals surface area contributed by atoms with E-state index in [2.05, 4.69) is 425 Å². The van der Waals surface area contributed by atoms with Gasteiger partial charge in [-0.25, -0.2) is 0 Å². The molecule has 0 radical (unpaired) electrons. The first-order chi connectivity index (χ1) is 53.2. The van der Waals surface area contributed by atoms with Crippen molar-refractivity contribution in [1.29, 1.82) is 0 Å². The third kappa shape index (κ3) is 10.6. The summed E-state index contributed by atoms with van der Waals surface area (Å²) in [5.74, 6) is 0. The summed E-state index contributed by atoms with van der Waals surface area (Å²) in [6.07, 6.45) is 0. The van der Waals surface area contributed by atoms with Crippen LogP contribution in [0.15, 0.2) is 358 Å². The largest absolute Gasteiger partial charge is 0.310 e. The van der Waals surface area contributed by atoms with Gasteiger partial charge in [0.05, 0.1) is 22.4 Å². The van der Waals surface area contributed by atoms with Crippen molar-refractivity contribution in [3.8, 4) is 78.4 Å². The van der Waals surface area contributed by atoms with E-state index in [-0.39, 0.29) is 16.2 Å². The molecule has 3 aliphatic rings. The van der Waals surface area contributed by atoms with Gasteiger partial charge in [-0.05, 0) is 206 Å². The molecule has 15 aromatic carbocycles. The molecule has 21 rings (SSSR count). The van der Waals surface area contributed by atoms with E-state index in [0.29, 0.717) is 0 Å². The first-order valence-corrected chi connectivity index (χ1v) is 38.9. The standard InChI is InChI=1S/C56H42N2S.C48H38N2/c1-55(2)47-19-11-8-16-41(47)42-29-26-40(34-49(42)55)57(37-24-22-36(23-25-37)35-14-6-5-7-15-35)38-27-30-50-46(33-38)53-54(44-18-9-12-20-48(44)56(53,3)4)58(50)39-28-31-52-45(32-39)43-17-10-13-21-51(43)59-52;1-33-21-25-38(26-22-33)49(39-27-23-36(24-28-39)34-13-6-4-7-14-34)41-29-30-45-43(32-41)46-47(42-19-10-11-20-44(42)48(46,2)3)50(45)40-18-12-17-37(31-40)35-15-8-5-9-16-35/h5-34H,1-4H3;4-32H,1-3H3. The van der Waals surface area contributed by atoms with Crippen molar-refractivity contribution in [2.24, 2.45) is 0 Å². The molecule has 3 aliphatic carbocycles. The molecule has 0 spiro atoms. The molecule has 4 nitrogen and oxygen atoms in total. The number of nitrogens with zero attached hydrogens (tertiary/aromatic N) is 4. The Balaban J connectivity index is 0.000000145. The lowest BCUT2D eigenvalue weighted by Crippen LogP contribution is -2.17. The van der Waals surface area contributed by atoms with Crippen LogP contribution in [0.4, 0.5) is 34.1 Å². The third-order valence-corrected chi connectivity index (χ3v) is 24.9. The van der Waals surface area contributed by atoms with Gasteiger partial charge in [-0.15, -0.1) is 11.3 Å². The zero-order chi connectivity index (χ0) is 73.4. The predicted octanol–water partition coefficient (Wildman–Crippen LogP) is 28.8. The number of hydrogen-bond acceptors (Lipinski definition) is 3. The smallest absolute Gasteiger partial charge is 0.0585 e. The van der Waals surface area contributed by atoms with Crippen LogP contribution in [0.3, 0.4) is 0 Å². The topological polar surface area (TPSA) is 16.3 Å². The summed E-state index contributed by atoms with van der Waals surface area (Å²) in [6.45, 7) is 16.5. The van der Waals surface area contributed by atoms with Crippen LogP contribution in [0, 0.1) is 6.92 Å². The molecule has 0 atom stereocenters. The maximum absolute atomic E-state index is 2.54. The van der Waals surface area contributed by atoms with Crippen molar-refractivity contribution in [3.63, 3.8) is 0 Å². The van der Waals surface area contributed by atoms with Gasteiger partial charge < -0.3 is 18.9 Å². The maximum atomic E-state index is 2.54. The van der Waals surface area contributed by atoms with Crippen LogP contribution in [0.25, 0.3) is 120 Å². The summed E-state index contributed by atoms with van der Waals surface area (Å²) >= 11 is 1.87. The molecule has 0 fully saturated rings.